The number of nitrogens with zero attached hydrogens (tertiary/aromatic N) is 2. The number of para-hydroxylation sites is 1. The van der Waals surface area contributed by atoms with Crippen LogP contribution in [0.5, 0.6) is 0 Å². The number of rotatable bonds is 11. The van der Waals surface area contributed by atoms with Crippen LogP contribution in [0.4, 0.5) is 15.3 Å². The average Bonchev–Trinajstić information content (AvgIpc) is 3.31. The van der Waals surface area contributed by atoms with Crippen LogP contribution in [0.25, 0.3) is 0 Å². The van der Waals surface area contributed by atoms with Crippen LogP contribution >= 0.6 is 0 Å². The van der Waals surface area contributed by atoms with E-state index in [4.69, 9.17) is 9.47 Å². The van der Waals surface area contributed by atoms with Crippen LogP contribution in [0.15, 0.2) is 115 Å². The molecule has 0 radical (unpaired) electrons. The molecule has 0 bridgehead atoms. The van der Waals surface area contributed by atoms with E-state index < -0.39 is 22.8 Å². The highest BCUT2D eigenvalue weighted by atomic mass is 16.6. The van der Waals surface area contributed by atoms with E-state index in [9.17, 15) is 4.79 Å². The van der Waals surface area contributed by atoms with Crippen molar-refractivity contribution in [2.24, 2.45) is 5.92 Å². The maximum Gasteiger partial charge on any atom is 0.416 e. The Balaban J connectivity index is 1.81. The molecule has 1 aliphatic rings. The monoisotopic (exact) mass is 618 g/mol. The van der Waals surface area contributed by atoms with Crippen molar-refractivity contribution in [3.05, 3.63) is 138 Å². The first-order chi connectivity index (χ1) is 22.0. The number of anilines is 1. The molecule has 4 aromatic rings. The molecule has 0 spiro atoms. The lowest BCUT2D eigenvalue weighted by molar-refractivity contribution is 0.0314. The van der Waals surface area contributed by atoms with Crippen molar-refractivity contribution in [2.75, 3.05) is 11.5 Å². The molecular weight excluding hydrogens is 572 g/mol. The molecule has 0 aliphatic carbocycles. The molecule has 0 atom stereocenters. The lowest BCUT2D eigenvalue weighted by Gasteiger charge is -2.46. The second-order valence-electron chi connectivity index (χ2n) is 13.8. The summed E-state index contributed by atoms with van der Waals surface area (Å²) in [5, 5.41) is 0. The third kappa shape index (κ3) is 6.67. The van der Waals surface area contributed by atoms with Gasteiger partial charge in [0, 0.05) is 0 Å². The summed E-state index contributed by atoms with van der Waals surface area (Å²) in [6, 6.07) is 38.1. The molecule has 6 nitrogen and oxygen atoms in total. The van der Waals surface area contributed by atoms with Gasteiger partial charge in [0.1, 0.15) is 17.7 Å². The zero-order chi connectivity index (χ0) is 33.0. The van der Waals surface area contributed by atoms with E-state index in [1.165, 1.54) is 0 Å². The summed E-state index contributed by atoms with van der Waals surface area (Å²) in [5.41, 5.74) is 1.79. The summed E-state index contributed by atoms with van der Waals surface area (Å²) < 4.78 is 12.0. The largest absolute Gasteiger partial charge is 0.447 e. The predicted octanol–water partition coefficient (Wildman–Crippen LogP) is 9.57. The molecule has 0 unspecified atom stereocenters. The molecule has 240 valence electrons. The number of amides is 2. The number of hydrogen-bond acceptors (Lipinski definition) is 4. The molecule has 0 saturated carbocycles. The van der Waals surface area contributed by atoms with Crippen LogP contribution in [-0.2, 0) is 21.6 Å². The minimum atomic E-state index is -1.13. The first-order valence-corrected chi connectivity index (χ1v) is 16.2. The molecule has 1 saturated heterocycles. The molecule has 5 rings (SSSR count). The van der Waals surface area contributed by atoms with Gasteiger partial charge < -0.3 is 9.47 Å². The topological polar surface area (TPSA) is 59.1 Å². The summed E-state index contributed by atoms with van der Waals surface area (Å²) in [7, 11) is 0. The summed E-state index contributed by atoms with van der Waals surface area (Å²) in [6.45, 7) is 12.9. The zero-order valence-electron chi connectivity index (χ0n) is 27.9. The van der Waals surface area contributed by atoms with Gasteiger partial charge in [0.2, 0.25) is 0 Å². The SMILES string of the molecule is CC(C)CCC(C)(C)OC(=O)N(c1ccccc1CN1C(=O)OCC1(C)C)C(c1ccccc1)(c1ccccc1)c1ccccc1. The maximum atomic E-state index is 15.2. The van der Waals surface area contributed by atoms with E-state index >= 15 is 4.79 Å². The molecule has 0 N–H and O–H groups in total. The summed E-state index contributed by atoms with van der Waals surface area (Å²) in [4.78, 5) is 31.7. The predicted molar refractivity (Wildman–Crippen MR) is 184 cm³/mol. The molecule has 1 fully saturated rings. The third-order valence-electron chi connectivity index (χ3n) is 8.84. The summed E-state index contributed by atoms with van der Waals surface area (Å²) >= 11 is 0. The Kier molecular flexibility index (Phi) is 9.57. The van der Waals surface area contributed by atoms with Crippen molar-refractivity contribution in [3.63, 3.8) is 0 Å². The molecule has 4 aromatic carbocycles. The van der Waals surface area contributed by atoms with E-state index in [1.807, 2.05) is 111 Å². The average molecular weight is 619 g/mol. The zero-order valence-corrected chi connectivity index (χ0v) is 27.9. The normalized spacial score (nSPS) is 14.7. The Bertz CT molecular complexity index is 1520. The fraction of sp³-hybridized carbons (Fsp3) is 0.350. The number of ether oxygens (including phenoxy) is 2. The number of hydrogen-bond donors (Lipinski definition) is 0. The maximum absolute atomic E-state index is 15.2. The lowest BCUT2D eigenvalue weighted by Crippen LogP contribution is -2.54. The third-order valence-corrected chi connectivity index (χ3v) is 8.84. The molecule has 1 heterocycles. The highest BCUT2D eigenvalue weighted by Gasteiger charge is 2.49. The van der Waals surface area contributed by atoms with Crippen LogP contribution in [0.1, 0.15) is 76.6 Å². The van der Waals surface area contributed by atoms with Crippen LogP contribution in [0, 0.1) is 5.92 Å². The van der Waals surface area contributed by atoms with Gasteiger partial charge in [-0.25, -0.2) is 9.59 Å². The van der Waals surface area contributed by atoms with Gasteiger partial charge in [-0.05, 0) is 74.8 Å². The van der Waals surface area contributed by atoms with Gasteiger partial charge in [0.05, 0.1) is 17.8 Å². The summed E-state index contributed by atoms with van der Waals surface area (Å²) in [6.07, 6.45) is 0.795. The Morgan fingerprint density at radius 2 is 1.30 bits per heavy atom. The van der Waals surface area contributed by atoms with Gasteiger partial charge in [0.15, 0.2) is 0 Å². The first kappa shape index (κ1) is 32.8. The first-order valence-electron chi connectivity index (χ1n) is 16.2. The molecule has 2 amide bonds. The van der Waals surface area contributed by atoms with Gasteiger partial charge in [0.25, 0.3) is 0 Å². The van der Waals surface area contributed by atoms with E-state index in [-0.39, 0.29) is 12.6 Å². The van der Waals surface area contributed by atoms with Gasteiger partial charge in [-0.1, -0.05) is 123 Å². The van der Waals surface area contributed by atoms with E-state index in [0.29, 0.717) is 24.6 Å². The smallest absolute Gasteiger partial charge is 0.416 e. The second-order valence-corrected chi connectivity index (χ2v) is 13.8. The van der Waals surface area contributed by atoms with E-state index in [0.717, 1.165) is 28.7 Å². The number of carbonyl (C=O) groups is 2. The van der Waals surface area contributed by atoms with Crippen molar-refractivity contribution >= 4 is 17.9 Å². The Labute approximate surface area is 274 Å². The fourth-order valence-corrected chi connectivity index (χ4v) is 6.26. The quantitative estimate of drug-likeness (QED) is 0.157. The van der Waals surface area contributed by atoms with E-state index in [1.54, 1.807) is 4.90 Å². The minimum Gasteiger partial charge on any atom is -0.447 e. The number of benzene rings is 4. The number of carbonyl (C=O) groups excluding carboxylic acids is 2. The molecular formula is C40H46N2O4. The van der Waals surface area contributed by atoms with Crippen molar-refractivity contribution < 1.29 is 19.1 Å². The van der Waals surface area contributed by atoms with Crippen LogP contribution < -0.4 is 4.90 Å². The van der Waals surface area contributed by atoms with Crippen molar-refractivity contribution in [1.82, 2.24) is 4.90 Å². The Morgan fingerprint density at radius 1 is 0.826 bits per heavy atom. The van der Waals surface area contributed by atoms with Crippen LogP contribution in [0.3, 0.4) is 0 Å². The minimum absolute atomic E-state index is 0.261. The Morgan fingerprint density at radius 3 is 1.76 bits per heavy atom. The van der Waals surface area contributed by atoms with Gasteiger partial charge >= 0.3 is 12.2 Å². The Hall–Kier alpha value is -4.58. The number of cyclic esters (lactones) is 1. The molecule has 46 heavy (non-hydrogen) atoms. The highest BCUT2D eigenvalue weighted by molar-refractivity contribution is 5.93. The standard InChI is InChI=1S/C40H46N2O4/c1-30(2)26-27-39(5,6)46-37(44)42(35-25-17-16-18-31(35)28-41-36(43)45-29-38(41,3)4)40(32-19-10-7-11-20-32,33-21-12-8-13-22-33)34-23-14-9-15-24-34/h7-25,30H,26-29H2,1-6H3. The highest BCUT2D eigenvalue weighted by Crippen LogP contribution is 2.47. The molecule has 1 aliphatic heterocycles. The van der Waals surface area contributed by atoms with E-state index in [2.05, 4.69) is 50.2 Å². The second kappa shape index (κ2) is 13.4. The fourth-order valence-electron chi connectivity index (χ4n) is 6.26. The van der Waals surface area contributed by atoms with Crippen LogP contribution in [-0.4, -0.2) is 34.8 Å². The van der Waals surface area contributed by atoms with Crippen molar-refractivity contribution in [3.8, 4) is 0 Å². The van der Waals surface area contributed by atoms with Gasteiger partial charge in [-0.3, -0.25) is 9.80 Å². The molecule has 6 heteroatoms. The van der Waals surface area contributed by atoms with Crippen molar-refractivity contribution in [2.45, 2.75) is 77.6 Å². The van der Waals surface area contributed by atoms with Crippen molar-refractivity contribution in [1.29, 1.82) is 0 Å². The molecule has 0 aromatic heterocycles. The van der Waals surface area contributed by atoms with Crippen LogP contribution in [0.2, 0.25) is 0 Å². The lowest BCUT2D eigenvalue weighted by atomic mass is 9.75. The summed E-state index contributed by atoms with van der Waals surface area (Å²) in [5.74, 6) is 0.468. The van der Waals surface area contributed by atoms with Gasteiger partial charge in [-0.2, -0.15) is 0 Å². The van der Waals surface area contributed by atoms with Gasteiger partial charge in [-0.15, -0.1) is 0 Å².